The van der Waals surface area contributed by atoms with E-state index in [2.05, 4.69) is 25.6 Å². The van der Waals surface area contributed by atoms with Crippen LogP contribution in [0.4, 0.5) is 5.95 Å². The van der Waals surface area contributed by atoms with E-state index in [1.807, 2.05) is 38.1 Å². The number of rotatable bonds is 5. The lowest BCUT2D eigenvalue weighted by molar-refractivity contribution is -0.122. The van der Waals surface area contributed by atoms with Gasteiger partial charge in [-0.05, 0) is 44.2 Å². The van der Waals surface area contributed by atoms with Crippen molar-refractivity contribution in [3.05, 3.63) is 41.7 Å². The second-order valence-corrected chi connectivity index (χ2v) is 5.28. The third kappa shape index (κ3) is 4.91. The van der Waals surface area contributed by atoms with E-state index in [9.17, 15) is 4.79 Å². The Kier molecular flexibility index (Phi) is 6.64. The molecule has 1 aromatic carbocycles. The number of methoxy groups -OCH3 is 1. The molecular weight excluding hydrogens is 352 g/mol. The smallest absolute Gasteiger partial charge is 0.290 e. The number of hydrogen-bond donors (Lipinski definition) is 3. The zero-order valence-electron chi connectivity index (χ0n) is 15.1. The van der Waals surface area contributed by atoms with Crippen molar-refractivity contribution in [3.8, 4) is 17.1 Å². The zero-order valence-corrected chi connectivity index (χ0v) is 15.1. The molecule has 10 heteroatoms. The van der Waals surface area contributed by atoms with E-state index in [1.54, 1.807) is 17.9 Å². The highest BCUT2D eigenvalue weighted by molar-refractivity contribution is 6.02. The molecule has 142 valence electrons. The summed E-state index contributed by atoms with van der Waals surface area (Å²) in [5.74, 6) is 1.24. The Hall–Kier alpha value is -3.69. The third-order valence-corrected chi connectivity index (χ3v) is 3.51. The van der Waals surface area contributed by atoms with Crippen LogP contribution in [-0.2, 0) is 11.3 Å². The minimum absolute atomic E-state index is 0.215. The number of H-pyrrole nitrogens is 1. The highest BCUT2D eigenvalue weighted by atomic mass is 16.5. The number of carbonyl (C=O) groups excluding carboxylic acids is 1. The summed E-state index contributed by atoms with van der Waals surface area (Å²) in [7, 11) is 1.61. The van der Waals surface area contributed by atoms with Gasteiger partial charge in [0, 0.05) is 12.1 Å². The average Bonchev–Trinajstić information content (AvgIpc) is 3.28. The first-order valence-corrected chi connectivity index (χ1v) is 8.02. The van der Waals surface area contributed by atoms with Gasteiger partial charge in [0.15, 0.2) is 5.82 Å². The topological polar surface area (TPSA) is 135 Å². The maximum atomic E-state index is 12.4. The minimum atomic E-state index is -0.294. The standard InChI is InChI=1S/C16H18N6O2.CH2O2/c1-4-22-13(9-10(2)21-22)15(23)18-16-17-14(19-20-16)11-5-7-12(24-3)8-6-11;2-1-3/h5-9H,4H2,1-3H3,(H2,17,18,19,20,23);1H,(H,2,3). The van der Waals surface area contributed by atoms with Crippen LogP contribution in [0.25, 0.3) is 11.4 Å². The van der Waals surface area contributed by atoms with Crippen LogP contribution >= 0.6 is 0 Å². The van der Waals surface area contributed by atoms with E-state index < -0.39 is 0 Å². The predicted octanol–water partition coefficient (Wildman–Crippen LogP) is 1.96. The molecule has 0 radical (unpaired) electrons. The molecular formula is C17H20N6O4. The van der Waals surface area contributed by atoms with Crippen LogP contribution in [0, 0.1) is 6.92 Å². The van der Waals surface area contributed by atoms with Gasteiger partial charge in [0.1, 0.15) is 11.4 Å². The molecule has 3 rings (SSSR count). The quantitative estimate of drug-likeness (QED) is 0.583. The Bertz CT molecular complexity index is 901. The van der Waals surface area contributed by atoms with Crippen molar-refractivity contribution in [2.45, 2.75) is 20.4 Å². The Labute approximate surface area is 155 Å². The molecule has 0 saturated heterocycles. The number of aromatic nitrogens is 5. The molecule has 2 aromatic heterocycles. The zero-order chi connectivity index (χ0) is 19.8. The average molecular weight is 372 g/mol. The molecule has 1 amide bonds. The minimum Gasteiger partial charge on any atom is -0.497 e. The van der Waals surface area contributed by atoms with Gasteiger partial charge in [-0.15, -0.1) is 5.10 Å². The van der Waals surface area contributed by atoms with Crippen molar-refractivity contribution in [1.82, 2.24) is 25.0 Å². The van der Waals surface area contributed by atoms with Gasteiger partial charge in [0.25, 0.3) is 12.4 Å². The molecule has 0 aliphatic rings. The Morgan fingerprint density at radius 2 is 2.04 bits per heavy atom. The van der Waals surface area contributed by atoms with Gasteiger partial charge in [-0.1, -0.05) is 0 Å². The number of aryl methyl sites for hydroxylation is 2. The van der Waals surface area contributed by atoms with Crippen LogP contribution in [0.5, 0.6) is 5.75 Å². The number of amides is 1. The number of hydrogen-bond acceptors (Lipinski definition) is 6. The van der Waals surface area contributed by atoms with Crippen molar-refractivity contribution in [2.75, 3.05) is 12.4 Å². The Morgan fingerprint density at radius 1 is 1.37 bits per heavy atom. The SMILES string of the molecule is CCn1nc(C)cc1C(=O)Nc1n[nH]c(-c2ccc(OC)cc2)n1.O=CO. The second-order valence-electron chi connectivity index (χ2n) is 5.28. The highest BCUT2D eigenvalue weighted by Gasteiger charge is 2.15. The molecule has 0 spiro atoms. The molecule has 0 atom stereocenters. The first kappa shape index (κ1) is 19.6. The number of ether oxygens (including phenoxy) is 1. The van der Waals surface area contributed by atoms with Gasteiger partial charge in [0.05, 0.1) is 12.8 Å². The van der Waals surface area contributed by atoms with Crippen molar-refractivity contribution in [3.63, 3.8) is 0 Å². The monoisotopic (exact) mass is 372 g/mol. The summed E-state index contributed by atoms with van der Waals surface area (Å²) in [5, 5.41) is 20.7. The molecule has 3 aromatic rings. The number of benzene rings is 1. The molecule has 2 heterocycles. The molecule has 0 bridgehead atoms. The van der Waals surface area contributed by atoms with Gasteiger partial charge >= 0.3 is 0 Å². The molecule has 0 fully saturated rings. The van der Waals surface area contributed by atoms with Crippen LogP contribution in [0.15, 0.2) is 30.3 Å². The normalized spacial score (nSPS) is 9.89. The van der Waals surface area contributed by atoms with E-state index in [0.717, 1.165) is 17.0 Å². The number of carboxylic acid groups (broad SMARTS) is 1. The maximum Gasteiger partial charge on any atom is 0.290 e. The summed E-state index contributed by atoms with van der Waals surface area (Å²) in [6.45, 7) is 4.14. The number of aromatic amines is 1. The number of nitrogens with one attached hydrogen (secondary N) is 2. The Balaban J connectivity index is 0.000000817. The first-order valence-electron chi connectivity index (χ1n) is 8.02. The summed E-state index contributed by atoms with van der Waals surface area (Å²) in [4.78, 5) is 25.0. The molecule has 0 unspecified atom stereocenters. The lowest BCUT2D eigenvalue weighted by atomic mass is 10.2. The number of carbonyl (C=O) groups is 2. The summed E-state index contributed by atoms with van der Waals surface area (Å²) >= 11 is 0. The second kappa shape index (κ2) is 9.13. The fraction of sp³-hybridized carbons (Fsp3) is 0.235. The summed E-state index contributed by atoms with van der Waals surface area (Å²) in [6, 6.07) is 9.12. The van der Waals surface area contributed by atoms with Crippen LogP contribution in [0.2, 0.25) is 0 Å². The molecule has 0 aliphatic carbocycles. The van der Waals surface area contributed by atoms with Gasteiger partial charge < -0.3 is 9.84 Å². The largest absolute Gasteiger partial charge is 0.497 e. The van der Waals surface area contributed by atoms with Crippen molar-refractivity contribution in [2.24, 2.45) is 0 Å². The predicted molar refractivity (Wildman–Crippen MR) is 97.7 cm³/mol. The molecule has 27 heavy (non-hydrogen) atoms. The van der Waals surface area contributed by atoms with Crippen molar-refractivity contribution < 1.29 is 19.4 Å². The van der Waals surface area contributed by atoms with E-state index in [-0.39, 0.29) is 18.3 Å². The van der Waals surface area contributed by atoms with E-state index in [4.69, 9.17) is 14.6 Å². The van der Waals surface area contributed by atoms with Gasteiger partial charge in [0.2, 0.25) is 5.95 Å². The van der Waals surface area contributed by atoms with Crippen LogP contribution in [0.1, 0.15) is 23.1 Å². The highest BCUT2D eigenvalue weighted by Crippen LogP contribution is 2.20. The van der Waals surface area contributed by atoms with Crippen LogP contribution < -0.4 is 10.1 Å². The van der Waals surface area contributed by atoms with E-state index in [0.29, 0.717) is 18.1 Å². The maximum absolute atomic E-state index is 12.4. The van der Waals surface area contributed by atoms with Gasteiger partial charge in [-0.3, -0.25) is 24.7 Å². The third-order valence-electron chi connectivity index (χ3n) is 3.51. The first-order chi connectivity index (χ1) is 13.0. The molecule has 3 N–H and O–H groups in total. The van der Waals surface area contributed by atoms with Crippen LogP contribution in [-0.4, -0.2) is 49.6 Å². The fourth-order valence-corrected chi connectivity index (χ4v) is 2.33. The summed E-state index contributed by atoms with van der Waals surface area (Å²) in [6.07, 6.45) is 0. The molecule has 0 saturated carbocycles. The fourth-order valence-electron chi connectivity index (χ4n) is 2.33. The van der Waals surface area contributed by atoms with Crippen molar-refractivity contribution in [1.29, 1.82) is 0 Å². The summed E-state index contributed by atoms with van der Waals surface area (Å²) in [5.41, 5.74) is 2.11. The van der Waals surface area contributed by atoms with E-state index >= 15 is 0 Å². The Morgan fingerprint density at radius 3 is 2.63 bits per heavy atom. The van der Waals surface area contributed by atoms with Gasteiger partial charge in [-0.25, -0.2) is 0 Å². The molecule has 10 nitrogen and oxygen atoms in total. The number of anilines is 1. The summed E-state index contributed by atoms with van der Waals surface area (Å²) < 4.78 is 6.76. The van der Waals surface area contributed by atoms with Crippen LogP contribution in [0.3, 0.4) is 0 Å². The molecule has 0 aliphatic heterocycles. The van der Waals surface area contributed by atoms with E-state index in [1.165, 1.54) is 0 Å². The lowest BCUT2D eigenvalue weighted by Crippen LogP contribution is -2.18. The number of nitrogens with zero attached hydrogens (tertiary/aromatic N) is 4. The van der Waals surface area contributed by atoms with Crippen molar-refractivity contribution >= 4 is 18.3 Å². The van der Waals surface area contributed by atoms with Gasteiger partial charge in [-0.2, -0.15) is 10.1 Å². The lowest BCUT2D eigenvalue weighted by Gasteiger charge is -2.03.